The van der Waals surface area contributed by atoms with Crippen molar-refractivity contribution in [1.82, 2.24) is 24.9 Å². The number of halogens is 1. The summed E-state index contributed by atoms with van der Waals surface area (Å²) < 4.78 is 2.57. The average molecular weight is 461 g/mol. The van der Waals surface area contributed by atoms with Gasteiger partial charge in [0.1, 0.15) is 21.3 Å². The minimum atomic E-state index is -0.225. The summed E-state index contributed by atoms with van der Waals surface area (Å²) in [6, 6.07) is 1.72. The zero-order valence-electron chi connectivity index (χ0n) is 15.0. The topological polar surface area (TPSA) is 104 Å². The second-order valence-corrected chi connectivity index (χ2v) is 9.81. The number of aromatic amines is 1. The highest BCUT2D eigenvalue weighted by molar-refractivity contribution is 9.11. The van der Waals surface area contributed by atoms with Gasteiger partial charge in [0, 0.05) is 5.54 Å². The molecule has 4 aromatic heterocycles. The molecule has 5 rings (SSSR count). The minimum Gasteiger partial charge on any atom is -0.324 e. The lowest BCUT2D eigenvalue weighted by molar-refractivity contribution is -0.115. The van der Waals surface area contributed by atoms with Crippen LogP contribution in [0.5, 0.6) is 0 Å². The van der Waals surface area contributed by atoms with Crippen molar-refractivity contribution in [3.63, 3.8) is 0 Å². The van der Waals surface area contributed by atoms with Crippen molar-refractivity contribution >= 4 is 65.6 Å². The standard InChI is InChI=1S/C18H17BrN6O2S/c1-18(3-2-4-18)21-7-12(26)22-9-5-10-14(20-6-9)15-13(16(27)23-10)17-25(24-15)8-11(19)28-17/h5-6,8,21H,2-4,7H2,1H3,(H,22,26)(H,23,27). The molecule has 4 heterocycles. The van der Waals surface area contributed by atoms with E-state index < -0.39 is 0 Å². The molecular weight excluding hydrogens is 444 g/mol. The maximum absolute atomic E-state index is 12.6. The Morgan fingerprint density at radius 1 is 1.43 bits per heavy atom. The SMILES string of the molecule is CC1(NCC(=O)Nc2cnc3c(c2)[nH]c(=O)c2c3nn3cc(Br)sc23)CCC1. The van der Waals surface area contributed by atoms with Gasteiger partial charge in [0.2, 0.25) is 5.91 Å². The Morgan fingerprint density at radius 2 is 2.25 bits per heavy atom. The van der Waals surface area contributed by atoms with Crippen molar-refractivity contribution in [3.8, 4) is 0 Å². The number of amides is 1. The molecule has 0 atom stereocenters. The van der Waals surface area contributed by atoms with Crippen molar-refractivity contribution in [1.29, 1.82) is 0 Å². The molecule has 0 bridgehead atoms. The molecule has 1 fully saturated rings. The third-order valence-corrected chi connectivity index (χ3v) is 6.86. The Kier molecular flexibility index (Phi) is 4.04. The molecule has 3 N–H and O–H groups in total. The fourth-order valence-corrected chi connectivity index (χ4v) is 5.04. The van der Waals surface area contributed by atoms with Gasteiger partial charge in [-0.05, 0) is 48.2 Å². The van der Waals surface area contributed by atoms with Gasteiger partial charge in [-0.15, -0.1) is 11.3 Å². The molecule has 1 saturated carbocycles. The number of hydrogen-bond acceptors (Lipinski definition) is 6. The fraction of sp³-hybridized carbons (Fsp3) is 0.333. The van der Waals surface area contributed by atoms with E-state index >= 15 is 0 Å². The molecule has 144 valence electrons. The van der Waals surface area contributed by atoms with E-state index in [0.717, 1.165) is 21.5 Å². The van der Waals surface area contributed by atoms with Crippen LogP contribution in [-0.2, 0) is 4.79 Å². The lowest BCUT2D eigenvalue weighted by atomic mass is 9.78. The van der Waals surface area contributed by atoms with Crippen LogP contribution in [0.1, 0.15) is 26.2 Å². The third kappa shape index (κ3) is 2.92. The number of fused-ring (bicyclic) bond motifs is 5. The molecule has 0 saturated heterocycles. The van der Waals surface area contributed by atoms with Crippen LogP contribution in [-0.4, -0.2) is 37.6 Å². The van der Waals surface area contributed by atoms with Crippen LogP contribution in [0.4, 0.5) is 5.69 Å². The molecule has 0 spiro atoms. The second kappa shape index (κ2) is 6.36. The van der Waals surface area contributed by atoms with Crippen LogP contribution in [0.3, 0.4) is 0 Å². The Labute approximate surface area is 171 Å². The van der Waals surface area contributed by atoms with Crippen LogP contribution >= 0.6 is 27.3 Å². The predicted octanol–water partition coefficient (Wildman–Crippen LogP) is 3.02. The first kappa shape index (κ1) is 17.8. The number of thiazole rings is 1. The molecular formula is C18H17BrN6O2S. The van der Waals surface area contributed by atoms with E-state index in [1.807, 2.05) is 6.20 Å². The number of carbonyl (C=O) groups excluding carboxylic acids is 1. The van der Waals surface area contributed by atoms with Gasteiger partial charge in [-0.1, -0.05) is 0 Å². The minimum absolute atomic E-state index is 0.0682. The van der Waals surface area contributed by atoms with Gasteiger partial charge < -0.3 is 15.6 Å². The van der Waals surface area contributed by atoms with Gasteiger partial charge in [-0.25, -0.2) is 4.52 Å². The molecule has 4 aromatic rings. The largest absolute Gasteiger partial charge is 0.324 e. The van der Waals surface area contributed by atoms with Gasteiger partial charge in [-0.2, -0.15) is 5.10 Å². The van der Waals surface area contributed by atoms with Crippen LogP contribution in [0, 0.1) is 0 Å². The molecule has 1 aliphatic rings. The van der Waals surface area contributed by atoms with E-state index in [-0.39, 0.29) is 23.6 Å². The number of anilines is 1. The zero-order chi connectivity index (χ0) is 19.5. The number of carbonyl (C=O) groups is 1. The highest BCUT2D eigenvalue weighted by Crippen LogP contribution is 2.31. The number of nitrogens with one attached hydrogen (secondary N) is 3. The van der Waals surface area contributed by atoms with Crippen LogP contribution < -0.4 is 16.2 Å². The van der Waals surface area contributed by atoms with Crippen LogP contribution in [0.25, 0.3) is 26.8 Å². The highest BCUT2D eigenvalue weighted by atomic mass is 79.9. The normalized spacial score (nSPS) is 15.9. The van der Waals surface area contributed by atoms with Gasteiger partial charge in [0.25, 0.3) is 5.56 Å². The highest BCUT2D eigenvalue weighted by Gasteiger charge is 2.31. The summed E-state index contributed by atoms with van der Waals surface area (Å²) in [6.45, 7) is 2.38. The maximum atomic E-state index is 12.6. The number of hydrogen-bond donors (Lipinski definition) is 3. The van der Waals surface area contributed by atoms with E-state index in [1.54, 1.807) is 16.8 Å². The van der Waals surface area contributed by atoms with Crippen LogP contribution in [0.15, 0.2) is 27.0 Å². The molecule has 28 heavy (non-hydrogen) atoms. The van der Waals surface area contributed by atoms with Gasteiger partial charge >= 0.3 is 0 Å². The Balaban J connectivity index is 1.46. The van der Waals surface area contributed by atoms with E-state index in [9.17, 15) is 9.59 Å². The fourth-order valence-electron chi connectivity index (χ4n) is 3.57. The first-order valence-electron chi connectivity index (χ1n) is 8.96. The quantitative estimate of drug-likeness (QED) is 0.434. The van der Waals surface area contributed by atoms with Crippen molar-refractivity contribution in [2.45, 2.75) is 31.7 Å². The Morgan fingerprint density at radius 3 is 3.00 bits per heavy atom. The molecule has 0 unspecified atom stereocenters. The lowest BCUT2D eigenvalue weighted by Gasteiger charge is -2.39. The summed E-state index contributed by atoms with van der Waals surface area (Å²) in [5, 5.41) is 11.2. The van der Waals surface area contributed by atoms with Crippen molar-refractivity contribution in [2.75, 3.05) is 11.9 Å². The number of rotatable bonds is 4. The number of aromatic nitrogens is 4. The molecule has 8 nitrogen and oxygen atoms in total. The second-order valence-electron chi connectivity index (χ2n) is 7.40. The van der Waals surface area contributed by atoms with Crippen molar-refractivity contribution in [2.24, 2.45) is 0 Å². The summed E-state index contributed by atoms with van der Waals surface area (Å²) in [5.41, 5.74) is 2.07. The van der Waals surface area contributed by atoms with Gasteiger partial charge in [-0.3, -0.25) is 14.6 Å². The number of nitrogens with zero attached hydrogens (tertiary/aromatic N) is 3. The monoisotopic (exact) mass is 460 g/mol. The van der Waals surface area contributed by atoms with E-state index in [1.165, 1.54) is 17.8 Å². The molecule has 0 radical (unpaired) electrons. The van der Waals surface area contributed by atoms with Crippen molar-refractivity contribution in [3.05, 3.63) is 32.6 Å². The maximum Gasteiger partial charge on any atom is 0.261 e. The van der Waals surface area contributed by atoms with Gasteiger partial charge in [0.15, 0.2) is 0 Å². The summed E-state index contributed by atoms with van der Waals surface area (Å²) in [5.74, 6) is -0.134. The third-order valence-electron chi connectivity index (χ3n) is 5.29. The first-order chi connectivity index (χ1) is 13.4. The summed E-state index contributed by atoms with van der Waals surface area (Å²) >= 11 is 4.86. The summed E-state index contributed by atoms with van der Waals surface area (Å²) in [4.78, 5) is 32.9. The Hall–Kier alpha value is -2.30. The van der Waals surface area contributed by atoms with E-state index in [2.05, 4.69) is 48.6 Å². The number of pyridine rings is 2. The zero-order valence-corrected chi connectivity index (χ0v) is 17.4. The number of H-pyrrole nitrogens is 1. The van der Waals surface area contributed by atoms with E-state index in [0.29, 0.717) is 27.6 Å². The lowest BCUT2D eigenvalue weighted by Crippen LogP contribution is -2.50. The molecule has 1 amide bonds. The van der Waals surface area contributed by atoms with Crippen LogP contribution in [0.2, 0.25) is 0 Å². The first-order valence-corrected chi connectivity index (χ1v) is 10.6. The van der Waals surface area contributed by atoms with Gasteiger partial charge in [0.05, 0.1) is 33.9 Å². The summed E-state index contributed by atoms with van der Waals surface area (Å²) in [6.07, 6.45) is 6.79. The molecule has 0 aromatic carbocycles. The molecule has 1 aliphatic carbocycles. The average Bonchev–Trinajstić information content (AvgIpc) is 3.14. The smallest absolute Gasteiger partial charge is 0.261 e. The van der Waals surface area contributed by atoms with E-state index in [4.69, 9.17) is 0 Å². The Bertz CT molecular complexity index is 1300. The predicted molar refractivity (Wildman–Crippen MR) is 113 cm³/mol. The summed E-state index contributed by atoms with van der Waals surface area (Å²) in [7, 11) is 0. The molecule has 0 aliphatic heterocycles. The molecule has 10 heteroatoms. The van der Waals surface area contributed by atoms with Crippen molar-refractivity contribution < 1.29 is 4.79 Å².